The summed E-state index contributed by atoms with van der Waals surface area (Å²) in [4.78, 5) is 6.10. The first-order valence-electron chi connectivity index (χ1n) is 4.09. The molecule has 0 saturated carbocycles. The van der Waals surface area contributed by atoms with Crippen molar-refractivity contribution in [2.24, 2.45) is 0 Å². The molecule has 0 amide bonds. The van der Waals surface area contributed by atoms with Gasteiger partial charge in [-0.2, -0.15) is 13.2 Å². The maximum atomic E-state index is 12.0. The highest BCUT2D eigenvalue weighted by Crippen LogP contribution is 2.29. The fraction of sp³-hybridized carbons (Fsp3) is 0.500. The fourth-order valence-corrected chi connectivity index (χ4v) is 0.978. The van der Waals surface area contributed by atoms with Crippen molar-refractivity contribution < 1.29 is 13.2 Å². The Labute approximate surface area is 95.4 Å². The van der Waals surface area contributed by atoms with Crippen LogP contribution in [0.2, 0.25) is 10.3 Å². The molecule has 15 heavy (non-hydrogen) atoms. The van der Waals surface area contributed by atoms with Crippen LogP contribution >= 0.6 is 23.2 Å². The van der Waals surface area contributed by atoms with Gasteiger partial charge in [0.05, 0.1) is 0 Å². The average Bonchev–Trinajstić information content (AvgIpc) is 2.15. The molecule has 1 heterocycles. The summed E-state index contributed by atoms with van der Waals surface area (Å²) >= 11 is 10.8. The van der Waals surface area contributed by atoms with E-state index in [1.807, 2.05) is 13.8 Å². The lowest BCUT2D eigenvalue weighted by molar-refractivity contribution is -0.145. The van der Waals surface area contributed by atoms with E-state index >= 15 is 0 Å². The Kier molecular flexibility index (Phi) is 5.31. The van der Waals surface area contributed by atoms with E-state index in [-0.39, 0.29) is 15.9 Å². The molecule has 0 aliphatic heterocycles. The van der Waals surface area contributed by atoms with E-state index in [4.69, 9.17) is 23.2 Å². The van der Waals surface area contributed by atoms with Gasteiger partial charge in [0.25, 0.3) is 0 Å². The van der Waals surface area contributed by atoms with Crippen LogP contribution in [-0.2, 0) is 6.18 Å². The zero-order chi connectivity index (χ0) is 12.2. The van der Waals surface area contributed by atoms with Crippen LogP contribution in [0.25, 0.3) is 0 Å². The summed E-state index contributed by atoms with van der Waals surface area (Å²) in [7, 11) is 0. The monoisotopic (exact) mass is 260 g/mol. The number of rotatable bonds is 0. The third-order valence-corrected chi connectivity index (χ3v) is 2.02. The number of alkyl halides is 3. The molecule has 0 fully saturated rings. The third-order valence-electron chi connectivity index (χ3n) is 1.28. The van der Waals surface area contributed by atoms with Gasteiger partial charge in [0, 0.05) is 5.56 Å². The number of aromatic nitrogens is 2. The normalized spacial score (nSPS) is 10.7. The van der Waals surface area contributed by atoms with Crippen LogP contribution in [0.4, 0.5) is 13.2 Å². The van der Waals surface area contributed by atoms with E-state index in [1.165, 1.54) is 6.92 Å². The van der Waals surface area contributed by atoms with Gasteiger partial charge in [-0.1, -0.05) is 37.0 Å². The van der Waals surface area contributed by atoms with Crippen molar-refractivity contribution in [3.05, 3.63) is 21.7 Å². The molecule has 0 aliphatic carbocycles. The van der Waals surface area contributed by atoms with Crippen LogP contribution in [0.15, 0.2) is 0 Å². The molecule has 0 aliphatic rings. The molecule has 0 atom stereocenters. The molecule has 1 aromatic heterocycles. The largest absolute Gasteiger partial charge is 0.451 e. The molecular formula is C8H9Cl2F3N2. The van der Waals surface area contributed by atoms with Crippen molar-refractivity contribution in [3.8, 4) is 0 Å². The quantitative estimate of drug-likeness (QED) is 0.656. The first kappa shape index (κ1) is 14.5. The predicted octanol–water partition coefficient (Wildman–Crippen LogP) is 4.14. The summed E-state index contributed by atoms with van der Waals surface area (Å²) in [5, 5.41) is -0.570. The van der Waals surface area contributed by atoms with Crippen molar-refractivity contribution in [1.82, 2.24) is 9.97 Å². The van der Waals surface area contributed by atoms with Gasteiger partial charge in [-0.15, -0.1) is 0 Å². The minimum Gasteiger partial charge on any atom is -0.212 e. The van der Waals surface area contributed by atoms with E-state index in [9.17, 15) is 13.2 Å². The fourth-order valence-electron chi connectivity index (χ4n) is 0.591. The van der Waals surface area contributed by atoms with Crippen molar-refractivity contribution in [1.29, 1.82) is 0 Å². The second-order valence-electron chi connectivity index (χ2n) is 2.25. The summed E-state index contributed by atoms with van der Waals surface area (Å²) in [5.74, 6) is -1.33. The Morgan fingerprint density at radius 1 is 1.00 bits per heavy atom. The molecule has 1 aromatic rings. The van der Waals surface area contributed by atoms with E-state index in [2.05, 4.69) is 9.97 Å². The van der Waals surface area contributed by atoms with E-state index < -0.39 is 12.0 Å². The second-order valence-corrected chi connectivity index (χ2v) is 2.97. The first-order chi connectivity index (χ1) is 6.82. The summed E-state index contributed by atoms with van der Waals surface area (Å²) in [5.41, 5.74) is 0.233. The Hall–Kier alpha value is -0.550. The Morgan fingerprint density at radius 2 is 1.33 bits per heavy atom. The molecule has 0 unspecified atom stereocenters. The lowest BCUT2D eigenvalue weighted by Crippen LogP contribution is -2.11. The van der Waals surface area contributed by atoms with Gasteiger partial charge in [-0.25, -0.2) is 9.97 Å². The minimum absolute atomic E-state index is 0.233. The Balaban J connectivity index is 0.000000921. The van der Waals surface area contributed by atoms with Gasteiger partial charge in [0.15, 0.2) is 0 Å². The zero-order valence-corrected chi connectivity index (χ0v) is 9.80. The molecule has 86 valence electrons. The van der Waals surface area contributed by atoms with Gasteiger partial charge in [-0.3, -0.25) is 0 Å². The van der Waals surface area contributed by atoms with Gasteiger partial charge in [-0.05, 0) is 6.92 Å². The van der Waals surface area contributed by atoms with E-state index in [1.54, 1.807) is 0 Å². The highest BCUT2D eigenvalue weighted by Gasteiger charge is 2.35. The highest BCUT2D eigenvalue weighted by atomic mass is 35.5. The summed E-state index contributed by atoms with van der Waals surface area (Å²) in [6.07, 6.45) is -4.62. The van der Waals surface area contributed by atoms with Gasteiger partial charge in [0.1, 0.15) is 10.3 Å². The number of hydrogen-bond acceptors (Lipinski definition) is 2. The lowest BCUT2D eigenvalue weighted by atomic mass is 10.4. The standard InChI is InChI=1S/C6H3Cl2F3N2.C2H6/c1-2-3(7)12-5(6(9,10)11)13-4(2)8;1-2/h1H3;1-2H3. The molecule has 0 radical (unpaired) electrons. The predicted molar refractivity (Wildman–Crippen MR) is 53.1 cm³/mol. The van der Waals surface area contributed by atoms with Crippen LogP contribution in [0.5, 0.6) is 0 Å². The van der Waals surface area contributed by atoms with Crippen LogP contribution < -0.4 is 0 Å². The molecule has 0 saturated heterocycles. The third kappa shape index (κ3) is 3.83. The molecular weight excluding hydrogens is 252 g/mol. The maximum absolute atomic E-state index is 12.0. The minimum atomic E-state index is -4.62. The smallest absolute Gasteiger partial charge is 0.212 e. The second kappa shape index (κ2) is 5.51. The molecule has 0 N–H and O–H groups in total. The topological polar surface area (TPSA) is 25.8 Å². The average molecular weight is 261 g/mol. The van der Waals surface area contributed by atoms with E-state index in [0.717, 1.165) is 0 Å². The molecule has 2 nitrogen and oxygen atoms in total. The van der Waals surface area contributed by atoms with Crippen LogP contribution in [-0.4, -0.2) is 9.97 Å². The molecule has 0 spiro atoms. The highest BCUT2D eigenvalue weighted by molar-refractivity contribution is 6.34. The van der Waals surface area contributed by atoms with Crippen molar-refractivity contribution in [2.45, 2.75) is 26.9 Å². The molecule has 0 aromatic carbocycles. The van der Waals surface area contributed by atoms with Crippen LogP contribution in [0.3, 0.4) is 0 Å². The SMILES string of the molecule is CC.Cc1c(Cl)nc(C(F)(F)F)nc1Cl. The van der Waals surface area contributed by atoms with Gasteiger partial charge >= 0.3 is 6.18 Å². The first-order valence-corrected chi connectivity index (χ1v) is 4.85. The molecule has 1 rings (SSSR count). The van der Waals surface area contributed by atoms with Gasteiger partial charge < -0.3 is 0 Å². The number of nitrogens with zero attached hydrogens (tertiary/aromatic N) is 2. The van der Waals surface area contributed by atoms with Crippen LogP contribution in [0.1, 0.15) is 25.2 Å². The van der Waals surface area contributed by atoms with Crippen molar-refractivity contribution >= 4 is 23.2 Å². The van der Waals surface area contributed by atoms with Crippen molar-refractivity contribution in [2.75, 3.05) is 0 Å². The molecule has 0 bridgehead atoms. The van der Waals surface area contributed by atoms with E-state index in [0.29, 0.717) is 0 Å². The summed E-state index contributed by atoms with van der Waals surface area (Å²) < 4.78 is 36.1. The van der Waals surface area contributed by atoms with Gasteiger partial charge in [0.2, 0.25) is 5.82 Å². The number of hydrogen-bond donors (Lipinski definition) is 0. The lowest BCUT2D eigenvalue weighted by Gasteiger charge is -2.06. The van der Waals surface area contributed by atoms with Crippen molar-refractivity contribution in [3.63, 3.8) is 0 Å². The summed E-state index contributed by atoms with van der Waals surface area (Å²) in [6, 6.07) is 0. The zero-order valence-electron chi connectivity index (χ0n) is 8.28. The number of halogens is 5. The summed E-state index contributed by atoms with van der Waals surface area (Å²) in [6.45, 7) is 5.44. The Bertz CT molecular complexity index is 316. The Morgan fingerprint density at radius 3 is 1.60 bits per heavy atom. The van der Waals surface area contributed by atoms with Crippen LogP contribution in [0, 0.1) is 6.92 Å². The molecule has 7 heteroatoms. The maximum Gasteiger partial charge on any atom is 0.451 e.